The van der Waals surface area contributed by atoms with Gasteiger partial charge in [-0.05, 0) is 42.8 Å². The third-order valence-electron chi connectivity index (χ3n) is 4.49. The van der Waals surface area contributed by atoms with E-state index in [2.05, 4.69) is 17.3 Å². The number of rotatable bonds is 5. The van der Waals surface area contributed by atoms with Crippen LogP contribution in [-0.4, -0.2) is 20.7 Å². The van der Waals surface area contributed by atoms with Crippen molar-refractivity contribution in [3.63, 3.8) is 0 Å². The van der Waals surface area contributed by atoms with Crippen molar-refractivity contribution in [1.82, 2.24) is 14.8 Å². The number of anilines is 1. The molecule has 136 valence electrons. The third-order valence-corrected chi connectivity index (χ3v) is 4.49. The Hall–Kier alpha value is -3.28. The quantitative estimate of drug-likeness (QED) is 0.556. The van der Waals surface area contributed by atoms with Gasteiger partial charge in [-0.1, -0.05) is 31.5 Å². The van der Waals surface area contributed by atoms with Crippen LogP contribution in [0, 0.1) is 5.82 Å². The molecule has 0 fully saturated rings. The number of hydrogen-bond donors (Lipinski definition) is 1. The standard InChI is InChI=1S/C21H19FN4O/c1-2-3-12-26-20-17(13-15-6-4-5-7-18(15)23-20)19(25-26)24-21(27)14-8-10-16(22)11-9-14/h4-11,13H,2-3,12H2,1H3,(H,24,25,27). The molecule has 6 heteroatoms. The van der Waals surface area contributed by atoms with Crippen molar-refractivity contribution >= 4 is 33.7 Å². The van der Waals surface area contributed by atoms with Crippen LogP contribution in [0.2, 0.25) is 0 Å². The van der Waals surface area contributed by atoms with E-state index in [9.17, 15) is 9.18 Å². The average Bonchev–Trinajstić information content (AvgIpc) is 3.01. The Balaban J connectivity index is 1.77. The summed E-state index contributed by atoms with van der Waals surface area (Å²) in [7, 11) is 0. The molecule has 0 unspecified atom stereocenters. The van der Waals surface area contributed by atoms with Gasteiger partial charge in [0.15, 0.2) is 11.5 Å². The predicted octanol–water partition coefficient (Wildman–Crippen LogP) is 4.78. The Labute approximate surface area is 155 Å². The predicted molar refractivity (Wildman–Crippen MR) is 104 cm³/mol. The molecule has 5 nitrogen and oxygen atoms in total. The molecule has 4 aromatic rings. The number of nitrogens with one attached hydrogen (secondary N) is 1. The fraction of sp³-hybridized carbons (Fsp3) is 0.190. The molecule has 1 N–H and O–H groups in total. The van der Waals surface area contributed by atoms with E-state index in [1.807, 2.05) is 35.0 Å². The molecule has 0 aliphatic carbocycles. The van der Waals surface area contributed by atoms with Gasteiger partial charge in [0, 0.05) is 17.5 Å². The minimum atomic E-state index is -0.378. The van der Waals surface area contributed by atoms with Crippen LogP contribution in [0.3, 0.4) is 0 Å². The number of amides is 1. The highest BCUT2D eigenvalue weighted by molar-refractivity contribution is 6.08. The summed E-state index contributed by atoms with van der Waals surface area (Å²) in [5.41, 5.74) is 2.01. The number of aromatic nitrogens is 3. The number of nitrogens with zero attached hydrogens (tertiary/aromatic N) is 3. The molecule has 2 heterocycles. The molecular weight excluding hydrogens is 343 g/mol. The van der Waals surface area contributed by atoms with Crippen molar-refractivity contribution in [1.29, 1.82) is 0 Å². The van der Waals surface area contributed by atoms with Gasteiger partial charge in [0.2, 0.25) is 0 Å². The van der Waals surface area contributed by atoms with Gasteiger partial charge >= 0.3 is 0 Å². The number of carbonyl (C=O) groups excluding carboxylic acids is 1. The van der Waals surface area contributed by atoms with Crippen molar-refractivity contribution in [2.24, 2.45) is 0 Å². The Kier molecular flexibility index (Phi) is 4.54. The highest BCUT2D eigenvalue weighted by Crippen LogP contribution is 2.26. The highest BCUT2D eigenvalue weighted by atomic mass is 19.1. The molecule has 0 saturated heterocycles. The number of carbonyl (C=O) groups is 1. The lowest BCUT2D eigenvalue weighted by molar-refractivity contribution is 0.102. The zero-order valence-electron chi connectivity index (χ0n) is 14.9. The first-order valence-corrected chi connectivity index (χ1v) is 8.99. The lowest BCUT2D eigenvalue weighted by Crippen LogP contribution is -2.13. The summed E-state index contributed by atoms with van der Waals surface area (Å²) in [4.78, 5) is 17.3. The fourth-order valence-electron chi connectivity index (χ4n) is 3.04. The Morgan fingerprint density at radius 2 is 1.93 bits per heavy atom. The van der Waals surface area contributed by atoms with Gasteiger partial charge in [0.05, 0.1) is 10.9 Å². The van der Waals surface area contributed by atoms with Crippen LogP contribution >= 0.6 is 0 Å². The molecule has 0 bridgehead atoms. The number of aryl methyl sites for hydroxylation is 1. The van der Waals surface area contributed by atoms with E-state index in [0.29, 0.717) is 11.4 Å². The maximum atomic E-state index is 13.1. The van der Waals surface area contributed by atoms with Gasteiger partial charge in [-0.2, -0.15) is 5.10 Å². The molecule has 0 aliphatic rings. The monoisotopic (exact) mass is 362 g/mol. The van der Waals surface area contributed by atoms with Gasteiger partial charge in [0.25, 0.3) is 5.91 Å². The van der Waals surface area contributed by atoms with Crippen molar-refractivity contribution in [3.05, 3.63) is 66.0 Å². The van der Waals surface area contributed by atoms with Crippen LogP contribution in [0.5, 0.6) is 0 Å². The Morgan fingerprint density at radius 1 is 1.15 bits per heavy atom. The Bertz CT molecular complexity index is 1120. The number of benzene rings is 2. The molecule has 27 heavy (non-hydrogen) atoms. The highest BCUT2D eigenvalue weighted by Gasteiger charge is 2.16. The summed E-state index contributed by atoms with van der Waals surface area (Å²) in [5.74, 6) is -0.240. The number of fused-ring (bicyclic) bond motifs is 2. The van der Waals surface area contributed by atoms with Gasteiger partial charge in [0.1, 0.15) is 5.82 Å². The second-order valence-corrected chi connectivity index (χ2v) is 6.44. The summed E-state index contributed by atoms with van der Waals surface area (Å²) in [6, 6.07) is 15.3. The summed E-state index contributed by atoms with van der Waals surface area (Å²) in [6.45, 7) is 2.84. The van der Waals surface area contributed by atoms with Crippen molar-refractivity contribution in [2.45, 2.75) is 26.3 Å². The van der Waals surface area contributed by atoms with E-state index in [1.54, 1.807) is 0 Å². The SMILES string of the molecule is CCCCn1nc(NC(=O)c2ccc(F)cc2)c2cc3ccccc3nc21. The van der Waals surface area contributed by atoms with Gasteiger partial charge in [-0.15, -0.1) is 0 Å². The van der Waals surface area contributed by atoms with Crippen molar-refractivity contribution in [3.8, 4) is 0 Å². The lowest BCUT2D eigenvalue weighted by atomic mass is 10.2. The van der Waals surface area contributed by atoms with Crippen LogP contribution in [0.1, 0.15) is 30.1 Å². The molecular formula is C21H19FN4O. The summed E-state index contributed by atoms with van der Waals surface area (Å²) >= 11 is 0. The normalized spacial score (nSPS) is 11.2. The smallest absolute Gasteiger partial charge is 0.256 e. The molecule has 0 radical (unpaired) electrons. The van der Waals surface area contributed by atoms with Crippen LogP contribution < -0.4 is 5.32 Å². The van der Waals surface area contributed by atoms with E-state index in [4.69, 9.17) is 4.98 Å². The number of unbranched alkanes of at least 4 members (excludes halogenated alkanes) is 1. The van der Waals surface area contributed by atoms with E-state index >= 15 is 0 Å². The Morgan fingerprint density at radius 3 is 2.70 bits per heavy atom. The second-order valence-electron chi connectivity index (χ2n) is 6.44. The van der Waals surface area contributed by atoms with Crippen LogP contribution in [0.4, 0.5) is 10.2 Å². The third kappa shape index (κ3) is 3.38. The van der Waals surface area contributed by atoms with Crippen LogP contribution in [0.15, 0.2) is 54.6 Å². The number of pyridine rings is 1. The summed E-state index contributed by atoms with van der Waals surface area (Å²) in [6.07, 6.45) is 2.00. The fourth-order valence-corrected chi connectivity index (χ4v) is 3.04. The zero-order valence-corrected chi connectivity index (χ0v) is 14.9. The second kappa shape index (κ2) is 7.15. The molecule has 2 aromatic carbocycles. The van der Waals surface area contributed by atoms with E-state index in [-0.39, 0.29) is 11.7 Å². The molecule has 0 aliphatic heterocycles. The molecule has 1 amide bonds. The maximum Gasteiger partial charge on any atom is 0.256 e. The minimum Gasteiger partial charge on any atom is -0.305 e. The van der Waals surface area contributed by atoms with Crippen molar-refractivity contribution < 1.29 is 9.18 Å². The summed E-state index contributed by atoms with van der Waals surface area (Å²) in [5, 5.41) is 9.21. The maximum absolute atomic E-state index is 13.1. The first-order valence-electron chi connectivity index (χ1n) is 8.99. The van der Waals surface area contributed by atoms with Gasteiger partial charge in [-0.3, -0.25) is 4.79 Å². The number of hydrogen-bond acceptors (Lipinski definition) is 3. The first kappa shape index (κ1) is 17.1. The number of para-hydroxylation sites is 1. The summed E-state index contributed by atoms with van der Waals surface area (Å²) < 4.78 is 14.9. The molecule has 4 rings (SSSR count). The lowest BCUT2D eigenvalue weighted by Gasteiger charge is -2.03. The van der Waals surface area contributed by atoms with Crippen LogP contribution in [-0.2, 0) is 6.54 Å². The van der Waals surface area contributed by atoms with Crippen molar-refractivity contribution in [2.75, 3.05) is 5.32 Å². The average molecular weight is 362 g/mol. The van der Waals surface area contributed by atoms with E-state index in [0.717, 1.165) is 41.3 Å². The zero-order chi connectivity index (χ0) is 18.8. The van der Waals surface area contributed by atoms with Gasteiger partial charge in [-0.25, -0.2) is 14.1 Å². The van der Waals surface area contributed by atoms with Crippen LogP contribution in [0.25, 0.3) is 21.9 Å². The number of halogens is 1. The molecule has 0 atom stereocenters. The first-order chi connectivity index (χ1) is 13.2. The minimum absolute atomic E-state index is 0.329. The largest absolute Gasteiger partial charge is 0.305 e. The van der Waals surface area contributed by atoms with Gasteiger partial charge < -0.3 is 5.32 Å². The topological polar surface area (TPSA) is 59.8 Å². The van der Waals surface area contributed by atoms with E-state index < -0.39 is 0 Å². The van der Waals surface area contributed by atoms with E-state index in [1.165, 1.54) is 24.3 Å². The molecule has 0 saturated carbocycles. The molecule has 2 aromatic heterocycles. The molecule has 0 spiro atoms.